The number of rotatable bonds is 2. The molecule has 0 saturated carbocycles. The van der Waals surface area contributed by atoms with Gasteiger partial charge in [-0.3, -0.25) is 0 Å². The summed E-state index contributed by atoms with van der Waals surface area (Å²) in [6, 6.07) is 10.0. The molecule has 110 valence electrons. The fraction of sp³-hybridized carbons (Fsp3) is 0.412. The largest absolute Gasteiger partial charge is 4.00 e. The van der Waals surface area contributed by atoms with E-state index in [-0.39, 0.29) is 35.6 Å². The Morgan fingerprint density at radius 3 is 1.75 bits per heavy atom. The quantitative estimate of drug-likeness (QED) is 0.605. The van der Waals surface area contributed by atoms with Crippen LogP contribution in [-0.4, -0.2) is 0 Å². The van der Waals surface area contributed by atoms with Gasteiger partial charge in [-0.25, -0.2) is 12.1 Å². The van der Waals surface area contributed by atoms with Crippen LogP contribution in [0.5, 0.6) is 0 Å². The molecule has 0 nitrogen and oxygen atoms in total. The summed E-state index contributed by atoms with van der Waals surface area (Å²) >= 11 is 0. The van der Waals surface area contributed by atoms with Crippen molar-refractivity contribution in [3.63, 3.8) is 0 Å². The minimum atomic E-state index is 0. The molecule has 0 unspecified atom stereocenters. The van der Waals surface area contributed by atoms with Gasteiger partial charge < -0.3 is 9.41 Å². The third-order valence-electron chi connectivity index (χ3n) is 3.65. The van der Waals surface area contributed by atoms with Gasteiger partial charge in [-0.05, 0) is 0 Å². The van der Waals surface area contributed by atoms with Crippen LogP contribution in [0.25, 0.3) is 0 Å². The summed E-state index contributed by atoms with van der Waals surface area (Å²) in [6.07, 6.45) is 2.50. The van der Waals surface area contributed by atoms with Gasteiger partial charge in [0.25, 0.3) is 0 Å². The standard InChI is InChI=1S/C12H19.C5H5.2FH.Zr/c1-6-7-12-10(4)8(2)9(3)11(12)5;1-2-4-5-3-1;;;/h6-7H2,1-5H3;1-5H;2*1H;/q2*-1;;;+4/p-2. The molecule has 0 saturated heterocycles. The molecule has 0 aliphatic carbocycles. The fourth-order valence-electron chi connectivity index (χ4n) is 2.24. The molecule has 0 aliphatic heterocycles. The van der Waals surface area contributed by atoms with Crippen molar-refractivity contribution in [1.82, 2.24) is 0 Å². The first-order valence-electron chi connectivity index (χ1n) is 6.48. The molecular formula is C17H24F2Zr. The molecule has 2 rings (SSSR count). The summed E-state index contributed by atoms with van der Waals surface area (Å²) in [4.78, 5) is 0. The number of hydrogen-bond acceptors (Lipinski definition) is 0. The fourth-order valence-corrected chi connectivity index (χ4v) is 2.24. The second-order valence-electron chi connectivity index (χ2n) is 4.69. The van der Waals surface area contributed by atoms with Crippen molar-refractivity contribution in [1.29, 1.82) is 0 Å². The maximum atomic E-state index is 2.25. The van der Waals surface area contributed by atoms with Crippen molar-refractivity contribution in [2.75, 3.05) is 0 Å². The molecule has 2 aromatic rings. The Morgan fingerprint density at radius 1 is 1.00 bits per heavy atom. The first-order valence-corrected chi connectivity index (χ1v) is 6.48. The smallest absolute Gasteiger partial charge is 1.00 e. The first kappa shape index (κ1) is 24.5. The first-order chi connectivity index (χ1) is 8.09. The zero-order valence-electron chi connectivity index (χ0n) is 13.1. The van der Waals surface area contributed by atoms with E-state index in [9.17, 15) is 0 Å². The van der Waals surface area contributed by atoms with E-state index >= 15 is 0 Å². The summed E-state index contributed by atoms with van der Waals surface area (Å²) in [5, 5.41) is 0. The van der Waals surface area contributed by atoms with Gasteiger partial charge in [0.1, 0.15) is 0 Å². The second kappa shape index (κ2) is 12.2. The zero-order chi connectivity index (χ0) is 12.8. The average Bonchev–Trinajstić information content (AvgIpc) is 2.95. The van der Waals surface area contributed by atoms with Crippen molar-refractivity contribution < 1.29 is 35.6 Å². The maximum Gasteiger partial charge on any atom is 4.00 e. The summed E-state index contributed by atoms with van der Waals surface area (Å²) in [5.74, 6) is 0. The second-order valence-corrected chi connectivity index (χ2v) is 4.69. The third-order valence-corrected chi connectivity index (χ3v) is 3.65. The molecular weight excluding hydrogens is 333 g/mol. The Balaban J connectivity index is -0.000000312. The molecule has 0 spiro atoms. The maximum absolute atomic E-state index is 2.25. The van der Waals surface area contributed by atoms with E-state index in [4.69, 9.17) is 0 Å². The molecule has 0 bridgehead atoms. The van der Waals surface area contributed by atoms with Gasteiger partial charge in [-0.2, -0.15) is 46.0 Å². The zero-order valence-corrected chi connectivity index (χ0v) is 15.5. The van der Waals surface area contributed by atoms with Crippen molar-refractivity contribution in [2.24, 2.45) is 0 Å². The van der Waals surface area contributed by atoms with Gasteiger partial charge in [0.05, 0.1) is 0 Å². The van der Waals surface area contributed by atoms with Crippen LogP contribution in [0.2, 0.25) is 0 Å². The van der Waals surface area contributed by atoms with Gasteiger partial charge in [-0.15, -0.1) is 0 Å². The Hall–Kier alpha value is -0.557. The molecule has 0 aromatic heterocycles. The third kappa shape index (κ3) is 6.26. The molecule has 20 heavy (non-hydrogen) atoms. The van der Waals surface area contributed by atoms with Crippen molar-refractivity contribution in [3.8, 4) is 0 Å². The monoisotopic (exact) mass is 356 g/mol. The Labute approximate surface area is 141 Å². The predicted octanol–water partition coefficient (Wildman–Crippen LogP) is -0.997. The molecule has 2 aromatic carbocycles. The molecule has 3 heteroatoms. The minimum Gasteiger partial charge on any atom is -1.00 e. The van der Waals surface area contributed by atoms with Crippen molar-refractivity contribution in [3.05, 3.63) is 58.1 Å². The van der Waals surface area contributed by atoms with E-state index in [1.807, 2.05) is 30.3 Å². The summed E-state index contributed by atoms with van der Waals surface area (Å²) in [5.41, 5.74) is 7.62. The minimum absolute atomic E-state index is 0. The van der Waals surface area contributed by atoms with Crippen molar-refractivity contribution >= 4 is 0 Å². The summed E-state index contributed by atoms with van der Waals surface area (Å²) in [7, 11) is 0. The van der Waals surface area contributed by atoms with E-state index in [0.717, 1.165) is 0 Å². The van der Waals surface area contributed by atoms with Gasteiger partial charge >= 0.3 is 26.2 Å². The van der Waals surface area contributed by atoms with E-state index in [0.29, 0.717) is 0 Å². The summed E-state index contributed by atoms with van der Waals surface area (Å²) in [6.45, 7) is 11.2. The van der Waals surface area contributed by atoms with E-state index in [1.54, 1.807) is 5.56 Å². The molecule has 0 heterocycles. The van der Waals surface area contributed by atoms with Crippen LogP contribution in [0.3, 0.4) is 0 Å². The van der Waals surface area contributed by atoms with Gasteiger partial charge in [0, 0.05) is 0 Å². The van der Waals surface area contributed by atoms with E-state index in [1.165, 1.54) is 35.1 Å². The summed E-state index contributed by atoms with van der Waals surface area (Å²) < 4.78 is 0. The van der Waals surface area contributed by atoms with Crippen LogP contribution >= 0.6 is 0 Å². The normalized spacial score (nSPS) is 8.45. The number of halogens is 2. The van der Waals surface area contributed by atoms with E-state index < -0.39 is 0 Å². The molecule has 0 amide bonds. The molecule has 0 atom stereocenters. The number of hydrogen-bond donors (Lipinski definition) is 0. The van der Waals surface area contributed by atoms with E-state index in [2.05, 4.69) is 34.6 Å². The SMILES string of the molecule is CCCc1c(C)c(C)c(C)[c-]1C.[F-].[F-].[Zr+4].c1cc[cH-]c1. The Kier molecular flexibility index (Phi) is 14.9. The molecule has 0 N–H and O–H groups in total. The van der Waals surface area contributed by atoms with Gasteiger partial charge in [0.2, 0.25) is 0 Å². The van der Waals surface area contributed by atoms with Crippen LogP contribution in [0.1, 0.15) is 41.2 Å². The topological polar surface area (TPSA) is 0 Å². The molecule has 0 radical (unpaired) electrons. The van der Waals surface area contributed by atoms with Crippen molar-refractivity contribution in [2.45, 2.75) is 47.5 Å². The predicted molar refractivity (Wildman–Crippen MR) is 77.0 cm³/mol. The Bertz CT molecular complexity index is 399. The van der Waals surface area contributed by atoms with Crippen LogP contribution in [0.15, 0.2) is 30.3 Å². The Morgan fingerprint density at radius 2 is 1.50 bits per heavy atom. The average molecular weight is 358 g/mol. The van der Waals surface area contributed by atoms with Gasteiger partial charge in [0.15, 0.2) is 0 Å². The van der Waals surface area contributed by atoms with Crippen LogP contribution < -0.4 is 9.41 Å². The van der Waals surface area contributed by atoms with Crippen LogP contribution in [0.4, 0.5) is 0 Å². The van der Waals surface area contributed by atoms with Crippen LogP contribution in [-0.2, 0) is 32.6 Å². The molecule has 0 fully saturated rings. The van der Waals surface area contributed by atoms with Crippen LogP contribution in [0, 0.1) is 27.7 Å². The molecule has 0 aliphatic rings. The van der Waals surface area contributed by atoms with Gasteiger partial charge in [-0.1, -0.05) is 47.5 Å².